The van der Waals surface area contributed by atoms with Crippen LogP contribution >= 0.6 is 0 Å². The van der Waals surface area contributed by atoms with Gasteiger partial charge in [-0.05, 0) is 69.5 Å². The zero-order valence-corrected chi connectivity index (χ0v) is 18.5. The van der Waals surface area contributed by atoms with Crippen LogP contribution in [0.1, 0.15) is 54.0 Å². The molecule has 0 unspecified atom stereocenters. The molecule has 2 aliphatic rings. The normalized spacial score (nSPS) is 17.2. The number of rotatable bonds is 3. The van der Waals surface area contributed by atoms with Gasteiger partial charge in [-0.15, -0.1) is 0 Å². The molecule has 2 aliphatic heterocycles. The van der Waals surface area contributed by atoms with Crippen LogP contribution < -0.4 is 15.8 Å². The van der Waals surface area contributed by atoms with E-state index in [9.17, 15) is 13.6 Å². The monoisotopic (exact) mass is 438 g/mol. The van der Waals surface area contributed by atoms with Gasteiger partial charge in [0.05, 0.1) is 5.52 Å². The maximum absolute atomic E-state index is 13.5. The molecule has 1 N–H and O–H groups in total. The maximum atomic E-state index is 13.5. The summed E-state index contributed by atoms with van der Waals surface area (Å²) in [6.45, 7) is 4.40. The van der Waals surface area contributed by atoms with Gasteiger partial charge in [-0.25, -0.2) is 13.8 Å². The van der Waals surface area contributed by atoms with Gasteiger partial charge in [-0.3, -0.25) is 4.79 Å². The lowest BCUT2D eigenvalue weighted by Crippen LogP contribution is -2.29. The van der Waals surface area contributed by atoms with Gasteiger partial charge >= 0.3 is 0 Å². The van der Waals surface area contributed by atoms with E-state index in [0.717, 1.165) is 72.4 Å². The van der Waals surface area contributed by atoms with Gasteiger partial charge in [-0.2, -0.15) is 0 Å². The highest BCUT2D eigenvalue weighted by Gasteiger charge is 2.26. The highest BCUT2D eigenvalue weighted by Crippen LogP contribution is 2.39. The van der Waals surface area contributed by atoms with Gasteiger partial charge in [0.2, 0.25) is 0 Å². The molecule has 0 atom stereocenters. The van der Waals surface area contributed by atoms with Crippen molar-refractivity contribution in [1.82, 2.24) is 14.9 Å². The zero-order valence-electron chi connectivity index (χ0n) is 18.5. The van der Waals surface area contributed by atoms with Crippen molar-refractivity contribution in [2.75, 3.05) is 24.5 Å². The lowest BCUT2D eigenvalue weighted by molar-refractivity contribution is 0.151. The third-order valence-electron chi connectivity index (χ3n) is 6.89. The largest absolute Gasteiger partial charge is 0.326 e. The lowest BCUT2D eigenvalue weighted by atomic mass is 9.93. The van der Waals surface area contributed by atoms with Crippen molar-refractivity contribution >= 4 is 22.4 Å². The number of nitrogens with one attached hydrogen (secondary N) is 1. The number of hydrogen-bond donors (Lipinski definition) is 1. The Bertz CT molecular complexity index is 1230. The minimum atomic E-state index is -2.52. The first-order valence-electron chi connectivity index (χ1n) is 11.3. The van der Waals surface area contributed by atoms with Gasteiger partial charge in [0.15, 0.2) is 0 Å². The van der Waals surface area contributed by atoms with E-state index in [1.54, 1.807) is 17.7 Å². The van der Waals surface area contributed by atoms with Crippen molar-refractivity contribution in [1.29, 1.82) is 0 Å². The van der Waals surface area contributed by atoms with Crippen molar-refractivity contribution in [3.8, 4) is 0 Å². The summed E-state index contributed by atoms with van der Waals surface area (Å²) in [7, 11) is 1.80. The molecule has 1 aromatic carbocycles. The number of hydrogen-bond acceptors (Lipinski definition) is 4. The Morgan fingerprint density at radius 1 is 1.16 bits per heavy atom. The fourth-order valence-corrected chi connectivity index (χ4v) is 5.10. The molecule has 0 spiro atoms. The molecule has 5 nitrogen and oxygen atoms in total. The van der Waals surface area contributed by atoms with Gasteiger partial charge in [0.25, 0.3) is 12.0 Å². The first-order chi connectivity index (χ1) is 15.4. The van der Waals surface area contributed by atoms with E-state index in [1.165, 1.54) is 6.07 Å². The fraction of sp³-hybridized carbons (Fsp3) is 0.440. The van der Waals surface area contributed by atoms with Gasteiger partial charge in [0, 0.05) is 47.4 Å². The average Bonchev–Trinajstić information content (AvgIpc) is 2.82. The summed E-state index contributed by atoms with van der Waals surface area (Å²) in [4.78, 5) is 19.9. The Morgan fingerprint density at radius 2 is 1.94 bits per heavy atom. The molecule has 5 rings (SSSR count). The molecule has 0 radical (unpaired) electrons. The van der Waals surface area contributed by atoms with Crippen LogP contribution in [0.4, 0.5) is 20.3 Å². The Morgan fingerprint density at radius 3 is 2.69 bits per heavy atom. The predicted octanol–water partition coefficient (Wildman–Crippen LogP) is 4.73. The molecule has 1 saturated heterocycles. The smallest absolute Gasteiger partial charge is 0.263 e. The van der Waals surface area contributed by atoms with Crippen LogP contribution in [0.2, 0.25) is 0 Å². The number of benzene rings is 1. The van der Waals surface area contributed by atoms with E-state index in [4.69, 9.17) is 4.98 Å². The second kappa shape index (κ2) is 8.28. The Hall–Kier alpha value is -2.80. The second-order valence-corrected chi connectivity index (χ2v) is 8.96. The number of pyridine rings is 2. The summed E-state index contributed by atoms with van der Waals surface area (Å²) < 4.78 is 28.7. The van der Waals surface area contributed by atoms with Crippen molar-refractivity contribution in [2.24, 2.45) is 7.05 Å². The van der Waals surface area contributed by atoms with E-state index in [2.05, 4.69) is 16.3 Å². The minimum absolute atomic E-state index is 0.0232. The summed E-state index contributed by atoms with van der Waals surface area (Å²) in [6.07, 6.45) is 1.25. The first kappa shape index (κ1) is 21.1. The van der Waals surface area contributed by atoms with Crippen LogP contribution in [0.25, 0.3) is 10.9 Å². The fourth-order valence-electron chi connectivity index (χ4n) is 5.10. The number of aromatic nitrogens is 2. The molecule has 0 saturated carbocycles. The van der Waals surface area contributed by atoms with Crippen molar-refractivity contribution in [3.05, 3.63) is 63.1 Å². The first-order valence-corrected chi connectivity index (χ1v) is 11.3. The predicted molar refractivity (Wildman–Crippen MR) is 123 cm³/mol. The number of nitrogens with zero attached hydrogens (tertiary/aromatic N) is 3. The third kappa shape index (κ3) is 3.58. The van der Waals surface area contributed by atoms with Crippen LogP contribution in [0, 0.1) is 6.92 Å². The van der Waals surface area contributed by atoms with Gasteiger partial charge in [-0.1, -0.05) is 12.1 Å². The summed E-state index contributed by atoms with van der Waals surface area (Å²) in [6, 6.07) is 8.91. The van der Waals surface area contributed by atoms with Gasteiger partial charge in [0.1, 0.15) is 5.82 Å². The highest BCUT2D eigenvalue weighted by molar-refractivity contribution is 5.93. The number of fused-ring (bicyclic) bond motifs is 2. The molecule has 0 amide bonds. The maximum Gasteiger partial charge on any atom is 0.263 e. The minimum Gasteiger partial charge on any atom is -0.326 e. The molecule has 0 aliphatic carbocycles. The number of anilines is 2. The van der Waals surface area contributed by atoms with Crippen LogP contribution in [-0.4, -0.2) is 29.2 Å². The molecule has 1 fully saturated rings. The topological polar surface area (TPSA) is 50.2 Å². The molecular formula is C25H28F2N4O. The van der Waals surface area contributed by atoms with Crippen molar-refractivity contribution < 1.29 is 8.78 Å². The molecule has 7 heteroatoms. The summed E-state index contributed by atoms with van der Waals surface area (Å²) in [5.74, 6) is 1.08. The third-order valence-corrected chi connectivity index (χ3v) is 6.89. The average molecular weight is 439 g/mol. The summed E-state index contributed by atoms with van der Waals surface area (Å²) >= 11 is 0. The lowest BCUT2D eigenvalue weighted by Gasteiger charge is -2.33. The van der Waals surface area contributed by atoms with E-state index < -0.39 is 6.43 Å². The number of aryl methyl sites for hydroxylation is 3. The standard InChI is InChI=1S/C25H28F2N4O/c1-15-12-19-22(30(2)25(15)32)14-20(16-7-9-28-10-8-16)29-24(19)31-11-3-4-17-5-6-18(23(26)27)13-21(17)31/h5-6,12-14,16,23,28H,3-4,7-11H2,1-2H3. The Balaban J connectivity index is 1.75. The summed E-state index contributed by atoms with van der Waals surface area (Å²) in [5, 5.41) is 4.28. The van der Waals surface area contributed by atoms with Crippen LogP contribution in [0.3, 0.4) is 0 Å². The molecule has 168 valence electrons. The molecule has 0 bridgehead atoms. The summed E-state index contributed by atoms with van der Waals surface area (Å²) in [5.41, 5.74) is 4.33. The number of alkyl halides is 2. The quantitative estimate of drug-likeness (QED) is 0.642. The molecule has 32 heavy (non-hydrogen) atoms. The van der Waals surface area contributed by atoms with Crippen LogP contribution in [0.5, 0.6) is 0 Å². The van der Waals surface area contributed by atoms with E-state index in [-0.39, 0.29) is 11.1 Å². The van der Waals surface area contributed by atoms with E-state index in [0.29, 0.717) is 18.0 Å². The van der Waals surface area contributed by atoms with Crippen LogP contribution in [0.15, 0.2) is 35.1 Å². The van der Waals surface area contributed by atoms with Crippen molar-refractivity contribution in [2.45, 2.75) is 45.0 Å². The highest BCUT2D eigenvalue weighted by atomic mass is 19.3. The van der Waals surface area contributed by atoms with E-state index in [1.807, 2.05) is 19.1 Å². The SMILES string of the molecule is Cc1cc2c(N3CCCc4ccc(C(F)F)cc43)nc(C3CCNCC3)cc2n(C)c1=O. The van der Waals surface area contributed by atoms with Crippen LogP contribution in [-0.2, 0) is 13.5 Å². The van der Waals surface area contributed by atoms with Crippen molar-refractivity contribution in [3.63, 3.8) is 0 Å². The second-order valence-electron chi connectivity index (χ2n) is 8.96. The molecule has 3 aromatic rings. The molecule has 2 aromatic heterocycles. The Labute approximate surface area is 186 Å². The molecule has 4 heterocycles. The van der Waals surface area contributed by atoms with E-state index >= 15 is 0 Å². The van der Waals surface area contributed by atoms with Gasteiger partial charge < -0.3 is 14.8 Å². The molecular weight excluding hydrogens is 410 g/mol. The number of piperidine rings is 1. The zero-order chi connectivity index (χ0) is 22.4. The Kier molecular flexibility index (Phi) is 5.45. The number of halogens is 2.